The van der Waals surface area contributed by atoms with Crippen molar-refractivity contribution in [1.29, 1.82) is 0 Å². The Kier molecular flexibility index (Phi) is 7.16. The monoisotopic (exact) mass is 397 g/mol. The number of pyridine rings is 1. The van der Waals surface area contributed by atoms with Crippen molar-refractivity contribution in [2.75, 3.05) is 20.8 Å². The van der Waals surface area contributed by atoms with Gasteiger partial charge in [-0.25, -0.2) is 0 Å². The summed E-state index contributed by atoms with van der Waals surface area (Å²) >= 11 is 0. The molecule has 0 saturated heterocycles. The van der Waals surface area contributed by atoms with Crippen molar-refractivity contribution in [3.63, 3.8) is 0 Å². The van der Waals surface area contributed by atoms with Crippen LogP contribution in [0.25, 0.3) is 11.4 Å². The van der Waals surface area contributed by atoms with Crippen LogP contribution in [0.5, 0.6) is 11.5 Å². The van der Waals surface area contributed by atoms with E-state index in [-0.39, 0.29) is 12.4 Å². The molecule has 1 aromatic carbocycles. The van der Waals surface area contributed by atoms with Gasteiger partial charge in [0.2, 0.25) is 11.7 Å². The molecule has 0 radical (unpaired) electrons. The fraction of sp³-hybridized carbons (Fsp3) is 0.333. The lowest BCUT2D eigenvalue weighted by Gasteiger charge is -2.12. The smallest absolute Gasteiger partial charge is 0.306 e. The van der Waals surface area contributed by atoms with E-state index in [9.17, 15) is 4.79 Å². The number of nitrogens with zero attached hydrogens (tertiary/aromatic N) is 3. The van der Waals surface area contributed by atoms with Crippen LogP contribution in [0.1, 0.15) is 24.3 Å². The third kappa shape index (κ3) is 5.54. The van der Waals surface area contributed by atoms with Gasteiger partial charge in [-0.3, -0.25) is 9.78 Å². The van der Waals surface area contributed by atoms with Crippen molar-refractivity contribution in [1.82, 2.24) is 15.1 Å². The molecule has 29 heavy (non-hydrogen) atoms. The second-order valence-corrected chi connectivity index (χ2v) is 6.23. The molecular weight excluding hydrogens is 374 g/mol. The number of hydrogen-bond acceptors (Lipinski definition) is 8. The third-order valence-electron chi connectivity index (χ3n) is 4.27. The Bertz CT molecular complexity index is 927. The number of rotatable bonds is 10. The Morgan fingerprint density at radius 2 is 2.00 bits per heavy atom. The van der Waals surface area contributed by atoms with Crippen molar-refractivity contribution >= 4 is 5.97 Å². The van der Waals surface area contributed by atoms with Crippen molar-refractivity contribution in [2.24, 2.45) is 0 Å². The number of carbonyl (C=O) groups is 1. The molecule has 0 atom stereocenters. The van der Waals surface area contributed by atoms with Crippen molar-refractivity contribution in [2.45, 2.75) is 25.7 Å². The largest absolute Gasteiger partial charge is 0.493 e. The van der Waals surface area contributed by atoms with Gasteiger partial charge in [-0.2, -0.15) is 4.98 Å². The molecule has 0 aliphatic carbocycles. The summed E-state index contributed by atoms with van der Waals surface area (Å²) in [6, 6.07) is 9.26. The van der Waals surface area contributed by atoms with Gasteiger partial charge in [0.25, 0.3) is 0 Å². The highest BCUT2D eigenvalue weighted by Crippen LogP contribution is 2.31. The van der Waals surface area contributed by atoms with Crippen molar-refractivity contribution in [3.8, 4) is 22.9 Å². The van der Waals surface area contributed by atoms with E-state index in [4.69, 9.17) is 18.7 Å². The van der Waals surface area contributed by atoms with E-state index in [2.05, 4.69) is 15.1 Å². The summed E-state index contributed by atoms with van der Waals surface area (Å²) in [5, 5.41) is 3.94. The topological polar surface area (TPSA) is 96.6 Å². The minimum atomic E-state index is -0.267. The molecule has 8 heteroatoms. The molecule has 0 spiro atoms. The minimum Gasteiger partial charge on any atom is -0.493 e. The Hall–Kier alpha value is -3.42. The summed E-state index contributed by atoms with van der Waals surface area (Å²) in [5.74, 6) is 2.02. The average molecular weight is 397 g/mol. The lowest BCUT2D eigenvalue weighted by atomic mass is 10.1. The lowest BCUT2D eigenvalue weighted by Crippen LogP contribution is -2.08. The van der Waals surface area contributed by atoms with Crippen LogP contribution in [0, 0.1) is 0 Å². The van der Waals surface area contributed by atoms with E-state index in [0.29, 0.717) is 49.1 Å². The Morgan fingerprint density at radius 1 is 1.10 bits per heavy atom. The first-order chi connectivity index (χ1) is 14.2. The Balaban J connectivity index is 1.40. The summed E-state index contributed by atoms with van der Waals surface area (Å²) in [7, 11) is 3.16. The predicted molar refractivity (Wildman–Crippen MR) is 105 cm³/mol. The van der Waals surface area contributed by atoms with Gasteiger partial charge < -0.3 is 18.7 Å². The van der Waals surface area contributed by atoms with Gasteiger partial charge in [-0.1, -0.05) is 17.3 Å². The van der Waals surface area contributed by atoms with Gasteiger partial charge in [0.1, 0.15) is 0 Å². The second-order valence-electron chi connectivity index (χ2n) is 6.23. The minimum absolute atomic E-state index is 0.259. The fourth-order valence-electron chi connectivity index (χ4n) is 2.84. The molecule has 0 aliphatic rings. The third-order valence-corrected chi connectivity index (χ3v) is 4.27. The number of methoxy groups -OCH3 is 2. The molecule has 2 heterocycles. The van der Waals surface area contributed by atoms with Gasteiger partial charge >= 0.3 is 5.97 Å². The molecule has 3 aromatic rings. The summed E-state index contributed by atoms with van der Waals surface area (Å²) in [6.07, 6.45) is 5.26. The number of ether oxygens (including phenoxy) is 3. The highest BCUT2D eigenvalue weighted by molar-refractivity contribution is 5.70. The van der Waals surface area contributed by atoms with E-state index in [1.54, 1.807) is 26.6 Å². The quantitative estimate of drug-likeness (QED) is 0.380. The molecule has 3 rings (SSSR count). The van der Waals surface area contributed by atoms with Crippen LogP contribution in [0.3, 0.4) is 0 Å². The maximum Gasteiger partial charge on any atom is 0.306 e. The SMILES string of the molecule is COc1cccc(CCC(=O)OCCCc2nc(-c3cccnc3)no2)c1OC. The van der Waals surface area contributed by atoms with E-state index >= 15 is 0 Å². The molecule has 0 amide bonds. The van der Waals surface area contributed by atoms with Crippen LogP contribution in [-0.2, 0) is 22.4 Å². The van der Waals surface area contributed by atoms with Crippen LogP contribution >= 0.6 is 0 Å². The van der Waals surface area contributed by atoms with Crippen LogP contribution in [-0.4, -0.2) is 41.9 Å². The van der Waals surface area contributed by atoms with Crippen molar-refractivity contribution in [3.05, 3.63) is 54.2 Å². The number of benzene rings is 1. The first-order valence-corrected chi connectivity index (χ1v) is 9.29. The number of hydrogen-bond donors (Lipinski definition) is 0. The molecule has 2 aromatic heterocycles. The van der Waals surface area contributed by atoms with Crippen molar-refractivity contribution < 1.29 is 23.5 Å². The Morgan fingerprint density at radius 3 is 2.76 bits per heavy atom. The maximum atomic E-state index is 12.0. The molecule has 0 aliphatic heterocycles. The van der Waals surface area contributed by atoms with E-state index in [0.717, 1.165) is 11.1 Å². The summed E-state index contributed by atoms with van der Waals surface area (Å²) < 4.78 is 21.2. The maximum absolute atomic E-state index is 12.0. The molecule has 152 valence electrons. The highest BCUT2D eigenvalue weighted by atomic mass is 16.5. The molecule has 8 nitrogen and oxygen atoms in total. The number of aromatic nitrogens is 3. The second kappa shape index (κ2) is 10.2. The molecule has 0 N–H and O–H groups in total. The number of para-hydroxylation sites is 1. The summed E-state index contributed by atoms with van der Waals surface area (Å²) in [6.45, 7) is 0.290. The van der Waals surface area contributed by atoms with Gasteiger partial charge in [0.15, 0.2) is 11.5 Å². The zero-order valence-corrected chi connectivity index (χ0v) is 16.5. The first-order valence-electron chi connectivity index (χ1n) is 9.29. The number of aryl methyl sites for hydroxylation is 2. The van der Waals surface area contributed by atoms with Gasteiger partial charge in [0, 0.05) is 30.8 Å². The Labute approximate surface area is 168 Å². The normalized spacial score (nSPS) is 10.6. The number of esters is 1. The molecular formula is C21H23N3O5. The van der Waals surface area contributed by atoms with E-state index in [1.807, 2.05) is 30.3 Å². The zero-order valence-electron chi connectivity index (χ0n) is 16.5. The predicted octanol–water partition coefficient (Wildman–Crippen LogP) is 3.26. The van der Waals surface area contributed by atoms with Crippen LogP contribution < -0.4 is 9.47 Å². The van der Waals surface area contributed by atoms with E-state index in [1.165, 1.54) is 0 Å². The fourth-order valence-corrected chi connectivity index (χ4v) is 2.84. The molecule has 0 fully saturated rings. The van der Waals surface area contributed by atoms with Gasteiger partial charge in [-0.05, 0) is 36.6 Å². The summed E-state index contributed by atoms with van der Waals surface area (Å²) in [5.41, 5.74) is 1.69. The standard InChI is InChI=1S/C21H23N3O5/c1-26-17-8-3-6-15(20(17)27-2)10-11-19(25)28-13-5-9-18-23-21(24-29-18)16-7-4-12-22-14-16/h3-4,6-8,12,14H,5,9-11,13H2,1-2H3. The number of carbonyl (C=O) groups excluding carboxylic acids is 1. The van der Waals surface area contributed by atoms with Crippen LogP contribution in [0.4, 0.5) is 0 Å². The first kappa shape index (κ1) is 20.3. The van der Waals surface area contributed by atoms with Crippen LogP contribution in [0.15, 0.2) is 47.2 Å². The molecule has 0 bridgehead atoms. The van der Waals surface area contributed by atoms with Gasteiger partial charge in [0.05, 0.1) is 20.8 Å². The average Bonchev–Trinajstić information content (AvgIpc) is 3.24. The molecule has 0 unspecified atom stereocenters. The summed E-state index contributed by atoms with van der Waals surface area (Å²) in [4.78, 5) is 20.4. The zero-order chi connectivity index (χ0) is 20.5. The molecule has 0 saturated carbocycles. The van der Waals surface area contributed by atoms with Crippen LogP contribution in [0.2, 0.25) is 0 Å². The lowest BCUT2D eigenvalue weighted by molar-refractivity contribution is -0.143. The van der Waals surface area contributed by atoms with E-state index < -0.39 is 0 Å². The van der Waals surface area contributed by atoms with Gasteiger partial charge in [-0.15, -0.1) is 0 Å². The highest BCUT2D eigenvalue weighted by Gasteiger charge is 2.12.